The van der Waals surface area contributed by atoms with E-state index in [0.29, 0.717) is 38.0 Å². The number of amides is 1. The van der Waals surface area contributed by atoms with Gasteiger partial charge in [0.1, 0.15) is 11.3 Å². The lowest BCUT2D eigenvalue weighted by molar-refractivity contribution is -0.146. The molecule has 0 saturated carbocycles. The molecular weight excluding hydrogens is 358 g/mol. The predicted molar refractivity (Wildman–Crippen MR) is 107 cm³/mol. The maximum absolute atomic E-state index is 12.8. The second kappa shape index (κ2) is 7.62. The molecule has 3 heterocycles. The Morgan fingerprint density at radius 1 is 1.36 bits per heavy atom. The number of aromatic nitrogens is 1. The summed E-state index contributed by atoms with van der Waals surface area (Å²) < 4.78 is 16.9. The lowest BCUT2D eigenvalue weighted by Crippen LogP contribution is -2.51. The Bertz CT molecular complexity index is 847. The lowest BCUT2D eigenvalue weighted by atomic mass is 9.94. The van der Waals surface area contributed by atoms with Gasteiger partial charge in [-0.25, -0.2) is 0 Å². The molecular formula is C21H29N3O4. The number of hydrogen-bond donors (Lipinski definition) is 0. The standard InChI is InChI=1S/C21H29N3O4/c1-21(2)14-24(9-10-27-21)19(25)11-15-5-4-8-23(13-15)20-22-17-12-16(26-3)6-7-18(17)28-20/h6-7,12,15H,4-5,8-11,13-14H2,1-3H3. The number of nitrogens with zero attached hydrogens (tertiary/aromatic N) is 3. The van der Waals surface area contributed by atoms with Crippen molar-refractivity contribution in [1.82, 2.24) is 9.88 Å². The van der Waals surface area contributed by atoms with Crippen molar-refractivity contribution in [1.29, 1.82) is 0 Å². The maximum atomic E-state index is 12.8. The van der Waals surface area contributed by atoms with Crippen LogP contribution in [0.1, 0.15) is 33.1 Å². The van der Waals surface area contributed by atoms with Gasteiger partial charge in [-0.2, -0.15) is 4.98 Å². The molecule has 2 aromatic rings. The van der Waals surface area contributed by atoms with Gasteiger partial charge in [0.05, 0.1) is 19.3 Å². The lowest BCUT2D eigenvalue weighted by Gasteiger charge is -2.39. The molecule has 0 N–H and O–H groups in total. The second-order valence-corrected chi connectivity index (χ2v) is 8.41. The molecule has 7 nitrogen and oxygen atoms in total. The molecule has 0 radical (unpaired) electrons. The molecule has 1 unspecified atom stereocenters. The van der Waals surface area contributed by atoms with Crippen molar-refractivity contribution in [2.24, 2.45) is 5.92 Å². The summed E-state index contributed by atoms with van der Waals surface area (Å²) >= 11 is 0. The molecule has 0 spiro atoms. The molecule has 2 aliphatic heterocycles. The van der Waals surface area contributed by atoms with Crippen LogP contribution in [0.2, 0.25) is 0 Å². The summed E-state index contributed by atoms with van der Waals surface area (Å²) in [7, 11) is 1.64. The highest BCUT2D eigenvalue weighted by Crippen LogP contribution is 2.30. The molecule has 28 heavy (non-hydrogen) atoms. The van der Waals surface area contributed by atoms with E-state index in [0.717, 1.165) is 42.8 Å². The fraction of sp³-hybridized carbons (Fsp3) is 0.619. The van der Waals surface area contributed by atoms with Gasteiger partial charge in [0.25, 0.3) is 6.01 Å². The number of fused-ring (bicyclic) bond motifs is 1. The van der Waals surface area contributed by atoms with Gasteiger partial charge in [-0.05, 0) is 44.7 Å². The van der Waals surface area contributed by atoms with Crippen LogP contribution in [0.5, 0.6) is 5.75 Å². The Morgan fingerprint density at radius 3 is 3.00 bits per heavy atom. The molecule has 152 valence electrons. The Balaban J connectivity index is 1.41. The first-order chi connectivity index (χ1) is 13.4. The van der Waals surface area contributed by atoms with Crippen LogP contribution in [-0.2, 0) is 9.53 Å². The first-order valence-electron chi connectivity index (χ1n) is 10.0. The minimum atomic E-state index is -0.258. The zero-order valence-corrected chi connectivity index (χ0v) is 16.9. The number of benzene rings is 1. The summed E-state index contributed by atoms with van der Waals surface area (Å²) in [5.41, 5.74) is 1.29. The van der Waals surface area contributed by atoms with Gasteiger partial charge in [-0.1, -0.05) is 0 Å². The molecule has 1 aromatic heterocycles. The number of hydrogen-bond acceptors (Lipinski definition) is 6. The van der Waals surface area contributed by atoms with E-state index in [1.54, 1.807) is 7.11 Å². The van der Waals surface area contributed by atoms with Crippen molar-refractivity contribution in [2.75, 3.05) is 44.8 Å². The Kier molecular flexibility index (Phi) is 5.19. The third-order valence-corrected chi connectivity index (χ3v) is 5.61. The second-order valence-electron chi connectivity index (χ2n) is 8.41. The molecule has 1 amide bonds. The average Bonchev–Trinajstić information content (AvgIpc) is 3.10. The van der Waals surface area contributed by atoms with Crippen LogP contribution in [0, 0.1) is 5.92 Å². The number of rotatable bonds is 4. The Labute approximate surface area is 165 Å². The number of methoxy groups -OCH3 is 1. The summed E-state index contributed by atoms with van der Waals surface area (Å²) in [4.78, 5) is 21.6. The summed E-state index contributed by atoms with van der Waals surface area (Å²) in [6, 6.07) is 6.27. The highest BCUT2D eigenvalue weighted by Gasteiger charge is 2.32. The molecule has 2 saturated heterocycles. The van der Waals surface area contributed by atoms with Crippen molar-refractivity contribution >= 4 is 23.0 Å². The minimum Gasteiger partial charge on any atom is -0.497 e. The van der Waals surface area contributed by atoms with Crippen molar-refractivity contribution in [3.8, 4) is 5.75 Å². The van der Waals surface area contributed by atoms with Crippen molar-refractivity contribution in [3.63, 3.8) is 0 Å². The van der Waals surface area contributed by atoms with E-state index in [2.05, 4.69) is 9.88 Å². The highest BCUT2D eigenvalue weighted by molar-refractivity contribution is 5.77. The van der Waals surface area contributed by atoms with Gasteiger partial charge in [0, 0.05) is 38.7 Å². The summed E-state index contributed by atoms with van der Waals surface area (Å²) in [6.07, 6.45) is 2.67. The van der Waals surface area contributed by atoms with E-state index in [-0.39, 0.29) is 11.5 Å². The number of piperidine rings is 1. The van der Waals surface area contributed by atoms with Gasteiger partial charge in [0.15, 0.2) is 5.58 Å². The highest BCUT2D eigenvalue weighted by atomic mass is 16.5. The summed E-state index contributed by atoms with van der Waals surface area (Å²) in [5, 5.41) is 0. The fourth-order valence-electron chi connectivity index (χ4n) is 4.17. The van der Waals surface area contributed by atoms with Crippen LogP contribution in [0.4, 0.5) is 6.01 Å². The topological polar surface area (TPSA) is 68.0 Å². The molecule has 0 bridgehead atoms. The molecule has 7 heteroatoms. The third kappa shape index (κ3) is 4.09. The van der Waals surface area contributed by atoms with Crippen LogP contribution < -0.4 is 9.64 Å². The quantitative estimate of drug-likeness (QED) is 0.803. The van der Waals surface area contributed by atoms with E-state index in [9.17, 15) is 4.79 Å². The first-order valence-corrected chi connectivity index (χ1v) is 10.0. The molecule has 1 aromatic carbocycles. The number of anilines is 1. The SMILES string of the molecule is COc1ccc2oc(N3CCCC(CC(=O)N4CCOC(C)(C)C4)C3)nc2c1. The number of oxazole rings is 1. The smallest absolute Gasteiger partial charge is 0.298 e. The maximum Gasteiger partial charge on any atom is 0.298 e. The minimum absolute atomic E-state index is 0.227. The van der Waals surface area contributed by atoms with Crippen LogP contribution >= 0.6 is 0 Å². The normalized spacial score (nSPS) is 22.5. The summed E-state index contributed by atoms with van der Waals surface area (Å²) in [5.74, 6) is 1.31. The fourth-order valence-corrected chi connectivity index (χ4v) is 4.17. The molecule has 0 aliphatic carbocycles. The zero-order valence-electron chi connectivity index (χ0n) is 16.9. The van der Waals surface area contributed by atoms with Crippen LogP contribution in [0.25, 0.3) is 11.1 Å². The van der Waals surface area contributed by atoms with Gasteiger partial charge in [-0.3, -0.25) is 4.79 Å². The van der Waals surface area contributed by atoms with Gasteiger partial charge >= 0.3 is 0 Å². The van der Waals surface area contributed by atoms with Crippen LogP contribution in [0.15, 0.2) is 22.6 Å². The molecule has 2 aliphatic rings. The first kappa shape index (κ1) is 19.1. The van der Waals surface area contributed by atoms with Gasteiger partial charge < -0.3 is 23.7 Å². The van der Waals surface area contributed by atoms with Crippen LogP contribution in [0.3, 0.4) is 0 Å². The predicted octanol–water partition coefficient (Wildman–Crippen LogP) is 3.08. The van der Waals surface area contributed by atoms with E-state index in [1.807, 2.05) is 36.9 Å². The monoisotopic (exact) mass is 387 g/mol. The van der Waals surface area contributed by atoms with Crippen molar-refractivity contribution < 1.29 is 18.7 Å². The van der Waals surface area contributed by atoms with E-state index in [4.69, 9.17) is 13.9 Å². The van der Waals surface area contributed by atoms with E-state index < -0.39 is 0 Å². The zero-order chi connectivity index (χ0) is 19.7. The summed E-state index contributed by atoms with van der Waals surface area (Å²) in [6.45, 7) is 7.74. The number of carbonyl (C=O) groups is 1. The average molecular weight is 387 g/mol. The Morgan fingerprint density at radius 2 is 2.21 bits per heavy atom. The number of carbonyl (C=O) groups excluding carboxylic acids is 1. The largest absolute Gasteiger partial charge is 0.497 e. The van der Waals surface area contributed by atoms with Crippen molar-refractivity contribution in [2.45, 2.75) is 38.7 Å². The van der Waals surface area contributed by atoms with Gasteiger partial charge in [-0.15, -0.1) is 0 Å². The van der Waals surface area contributed by atoms with E-state index >= 15 is 0 Å². The number of ether oxygens (including phenoxy) is 2. The molecule has 1 atom stereocenters. The van der Waals surface area contributed by atoms with Gasteiger partial charge in [0.2, 0.25) is 5.91 Å². The van der Waals surface area contributed by atoms with Crippen molar-refractivity contribution in [3.05, 3.63) is 18.2 Å². The van der Waals surface area contributed by atoms with Crippen LogP contribution in [-0.4, -0.2) is 61.3 Å². The Hall–Kier alpha value is -2.28. The van der Waals surface area contributed by atoms with E-state index in [1.165, 1.54) is 0 Å². The third-order valence-electron chi connectivity index (χ3n) is 5.61. The molecule has 4 rings (SSSR count). The number of morpholine rings is 1. The molecule has 2 fully saturated rings.